The molecule has 1 spiro atoms. The SMILES string of the molecule is CCOC=O.FC1(F)CCN(c2cccnc2N2CCN(C3CCC4(CNC4)C3)CC2)C1. The van der Waals surface area contributed by atoms with Crippen molar-refractivity contribution < 1.29 is 18.3 Å². The third-order valence-electron chi connectivity index (χ3n) is 7.32. The number of alkyl halides is 2. The molecule has 3 saturated heterocycles. The summed E-state index contributed by atoms with van der Waals surface area (Å²) in [6.45, 7) is 9.21. The summed E-state index contributed by atoms with van der Waals surface area (Å²) in [6.07, 6.45) is 5.73. The van der Waals surface area contributed by atoms with Gasteiger partial charge in [0.25, 0.3) is 12.4 Å². The van der Waals surface area contributed by atoms with Gasteiger partial charge in [-0.1, -0.05) is 0 Å². The lowest BCUT2D eigenvalue weighted by Crippen LogP contribution is -2.54. The molecule has 178 valence electrons. The highest BCUT2D eigenvalue weighted by Gasteiger charge is 2.45. The number of carbonyl (C=O) groups is 1. The molecule has 32 heavy (non-hydrogen) atoms. The summed E-state index contributed by atoms with van der Waals surface area (Å²) in [5.41, 5.74) is 1.44. The van der Waals surface area contributed by atoms with Gasteiger partial charge in [0.15, 0.2) is 5.82 Å². The lowest BCUT2D eigenvalue weighted by molar-refractivity contribution is -0.128. The summed E-state index contributed by atoms with van der Waals surface area (Å²) in [5, 5.41) is 3.44. The van der Waals surface area contributed by atoms with Gasteiger partial charge in [-0.15, -0.1) is 0 Å². The molecule has 1 aromatic rings. The molecule has 0 amide bonds. The zero-order chi connectivity index (χ0) is 22.6. The fourth-order valence-electron chi connectivity index (χ4n) is 5.48. The van der Waals surface area contributed by atoms with E-state index in [4.69, 9.17) is 0 Å². The number of nitrogens with zero attached hydrogens (tertiary/aromatic N) is 4. The molecule has 3 aliphatic heterocycles. The second-order valence-corrected chi connectivity index (χ2v) is 9.45. The van der Waals surface area contributed by atoms with Crippen molar-refractivity contribution in [2.75, 3.05) is 68.8 Å². The number of hydrogen-bond acceptors (Lipinski definition) is 7. The lowest BCUT2D eigenvalue weighted by atomic mass is 9.80. The van der Waals surface area contributed by atoms with Crippen molar-refractivity contribution in [1.29, 1.82) is 0 Å². The van der Waals surface area contributed by atoms with Gasteiger partial charge in [-0.25, -0.2) is 13.8 Å². The van der Waals surface area contributed by atoms with Crippen LogP contribution in [0, 0.1) is 5.41 Å². The molecule has 5 rings (SSSR count). The zero-order valence-corrected chi connectivity index (χ0v) is 18.9. The van der Waals surface area contributed by atoms with E-state index < -0.39 is 5.92 Å². The number of hydrogen-bond donors (Lipinski definition) is 1. The first-order chi connectivity index (χ1) is 15.5. The number of pyridine rings is 1. The Labute approximate surface area is 189 Å². The van der Waals surface area contributed by atoms with Crippen LogP contribution in [0.2, 0.25) is 0 Å². The summed E-state index contributed by atoms with van der Waals surface area (Å²) in [5.74, 6) is -1.71. The van der Waals surface area contributed by atoms with Crippen molar-refractivity contribution in [2.24, 2.45) is 5.41 Å². The van der Waals surface area contributed by atoms with Crippen molar-refractivity contribution in [3.63, 3.8) is 0 Å². The van der Waals surface area contributed by atoms with E-state index in [1.165, 1.54) is 32.4 Å². The quantitative estimate of drug-likeness (QED) is 0.690. The molecule has 1 saturated carbocycles. The number of nitrogens with one attached hydrogen (secondary N) is 1. The average molecular weight is 452 g/mol. The Bertz CT molecular complexity index is 769. The summed E-state index contributed by atoms with van der Waals surface area (Å²) in [4.78, 5) is 20.5. The number of ether oxygens (including phenoxy) is 1. The van der Waals surface area contributed by atoms with Crippen LogP contribution in [0.5, 0.6) is 0 Å². The van der Waals surface area contributed by atoms with E-state index in [0.717, 1.165) is 43.7 Å². The van der Waals surface area contributed by atoms with Crippen LogP contribution < -0.4 is 15.1 Å². The Hall–Kier alpha value is -2.00. The van der Waals surface area contributed by atoms with Crippen LogP contribution in [-0.2, 0) is 9.53 Å². The lowest BCUT2D eigenvalue weighted by Gasteiger charge is -2.42. The highest BCUT2D eigenvalue weighted by molar-refractivity contribution is 5.67. The first-order valence-corrected chi connectivity index (χ1v) is 11.8. The standard InChI is InChI=1S/C20H29F2N5.C3H6O2/c21-20(22)5-7-27(15-20)17-2-1-6-24-18(17)26-10-8-25(9-11-26)16-3-4-19(12-16)13-23-14-19;1-2-5-3-4/h1-2,6,16,23H,3-5,7-15H2;3H,2H2,1H3. The third kappa shape index (κ3) is 5.14. The molecule has 1 aromatic heterocycles. The van der Waals surface area contributed by atoms with Gasteiger partial charge in [0.2, 0.25) is 0 Å². The van der Waals surface area contributed by atoms with Crippen LogP contribution in [0.15, 0.2) is 18.3 Å². The number of aromatic nitrogens is 1. The minimum absolute atomic E-state index is 0.0621. The van der Waals surface area contributed by atoms with Gasteiger partial charge in [0.1, 0.15) is 0 Å². The molecular formula is C23H35F2N5O2. The van der Waals surface area contributed by atoms with Gasteiger partial charge in [0, 0.05) is 64.5 Å². The van der Waals surface area contributed by atoms with E-state index in [-0.39, 0.29) is 13.0 Å². The van der Waals surface area contributed by atoms with Gasteiger partial charge in [-0.3, -0.25) is 9.69 Å². The minimum Gasteiger partial charge on any atom is -0.468 e. The monoisotopic (exact) mass is 451 g/mol. The Morgan fingerprint density at radius 2 is 1.97 bits per heavy atom. The van der Waals surface area contributed by atoms with E-state index in [0.29, 0.717) is 25.0 Å². The smallest absolute Gasteiger partial charge is 0.293 e. The van der Waals surface area contributed by atoms with Crippen molar-refractivity contribution in [2.45, 2.75) is 44.6 Å². The van der Waals surface area contributed by atoms with Gasteiger partial charge in [-0.2, -0.15) is 0 Å². The molecule has 4 aliphatic rings. The number of carbonyl (C=O) groups excluding carboxylic acids is 1. The van der Waals surface area contributed by atoms with Crippen LogP contribution in [0.4, 0.5) is 20.3 Å². The van der Waals surface area contributed by atoms with Crippen LogP contribution in [0.1, 0.15) is 32.6 Å². The van der Waals surface area contributed by atoms with Crippen LogP contribution >= 0.6 is 0 Å². The Morgan fingerprint density at radius 1 is 1.19 bits per heavy atom. The molecular weight excluding hydrogens is 416 g/mol. The Kier molecular flexibility index (Phi) is 7.14. The summed E-state index contributed by atoms with van der Waals surface area (Å²) >= 11 is 0. The second kappa shape index (κ2) is 9.87. The maximum absolute atomic E-state index is 13.7. The van der Waals surface area contributed by atoms with Crippen LogP contribution in [0.3, 0.4) is 0 Å². The molecule has 1 N–H and O–H groups in total. The van der Waals surface area contributed by atoms with E-state index in [9.17, 15) is 13.6 Å². The van der Waals surface area contributed by atoms with E-state index in [2.05, 4.69) is 24.8 Å². The number of anilines is 2. The minimum atomic E-state index is -2.58. The fraction of sp³-hybridized carbons (Fsp3) is 0.739. The van der Waals surface area contributed by atoms with Crippen molar-refractivity contribution >= 4 is 18.0 Å². The van der Waals surface area contributed by atoms with Gasteiger partial charge in [0.05, 0.1) is 18.8 Å². The first-order valence-electron chi connectivity index (χ1n) is 11.8. The molecule has 7 nitrogen and oxygen atoms in total. The van der Waals surface area contributed by atoms with Gasteiger partial charge in [-0.05, 0) is 43.7 Å². The average Bonchev–Trinajstić information content (AvgIpc) is 3.39. The molecule has 4 heterocycles. The van der Waals surface area contributed by atoms with E-state index in [1.54, 1.807) is 18.0 Å². The first kappa shape index (κ1) is 23.2. The topological polar surface area (TPSA) is 60.9 Å². The largest absolute Gasteiger partial charge is 0.468 e. The van der Waals surface area contributed by atoms with Crippen molar-refractivity contribution in [3.05, 3.63) is 18.3 Å². The van der Waals surface area contributed by atoms with Gasteiger partial charge < -0.3 is 19.9 Å². The zero-order valence-electron chi connectivity index (χ0n) is 18.9. The molecule has 0 aromatic carbocycles. The summed E-state index contributed by atoms with van der Waals surface area (Å²) in [7, 11) is 0. The third-order valence-corrected chi connectivity index (χ3v) is 7.32. The number of rotatable bonds is 5. The van der Waals surface area contributed by atoms with Gasteiger partial charge >= 0.3 is 0 Å². The molecule has 1 aliphatic carbocycles. The number of piperazine rings is 1. The normalized spacial score (nSPS) is 26.4. The second-order valence-electron chi connectivity index (χ2n) is 9.45. The maximum atomic E-state index is 13.7. The van der Waals surface area contributed by atoms with E-state index in [1.807, 2.05) is 12.1 Å². The van der Waals surface area contributed by atoms with Crippen molar-refractivity contribution in [3.8, 4) is 0 Å². The fourth-order valence-corrected chi connectivity index (χ4v) is 5.48. The number of halogens is 2. The van der Waals surface area contributed by atoms with Crippen LogP contribution in [-0.4, -0.2) is 87.3 Å². The van der Waals surface area contributed by atoms with Crippen LogP contribution in [0.25, 0.3) is 0 Å². The van der Waals surface area contributed by atoms with E-state index >= 15 is 0 Å². The highest BCUT2D eigenvalue weighted by atomic mass is 19.3. The predicted octanol–water partition coefficient (Wildman–Crippen LogP) is 2.37. The Balaban J connectivity index is 0.000000444. The Morgan fingerprint density at radius 3 is 2.50 bits per heavy atom. The predicted molar refractivity (Wildman–Crippen MR) is 120 cm³/mol. The summed E-state index contributed by atoms with van der Waals surface area (Å²) < 4.78 is 31.5. The highest BCUT2D eigenvalue weighted by Crippen LogP contribution is 2.43. The molecule has 1 atom stereocenters. The maximum Gasteiger partial charge on any atom is 0.293 e. The molecule has 4 fully saturated rings. The molecule has 1 unspecified atom stereocenters. The van der Waals surface area contributed by atoms with Crippen molar-refractivity contribution in [1.82, 2.24) is 15.2 Å². The molecule has 9 heteroatoms. The molecule has 0 radical (unpaired) electrons. The molecule has 0 bridgehead atoms. The summed E-state index contributed by atoms with van der Waals surface area (Å²) in [6, 6.07) is 4.52.